The molecule has 0 aromatic heterocycles. The van der Waals surface area contributed by atoms with Crippen molar-refractivity contribution in [1.82, 2.24) is 0 Å². The zero-order valence-electron chi connectivity index (χ0n) is 8.01. The number of hydrogen-bond donors (Lipinski definition) is 3. The van der Waals surface area contributed by atoms with Gasteiger partial charge in [0.1, 0.15) is 0 Å². The minimum absolute atomic E-state index is 0.00181. The van der Waals surface area contributed by atoms with Crippen LogP contribution in [0.5, 0.6) is 0 Å². The van der Waals surface area contributed by atoms with Crippen molar-refractivity contribution in [2.24, 2.45) is 0 Å². The maximum Gasteiger partial charge on any atom is 0.337 e. The molecule has 88 valence electrons. The zero-order valence-corrected chi connectivity index (χ0v) is 8.76. The minimum Gasteiger partial charge on any atom is -0.478 e. The Hall–Kier alpha value is -1.56. The van der Waals surface area contributed by atoms with Gasteiger partial charge in [-0.25, -0.2) is 13.6 Å². The third kappa shape index (κ3) is 2.96. The van der Waals surface area contributed by atoms with Gasteiger partial charge in [0.25, 0.3) is 6.43 Å². The molecule has 0 aliphatic carbocycles. The van der Waals surface area contributed by atoms with Crippen LogP contribution in [0, 0.1) is 0 Å². The number of nitrogens with one attached hydrogen (secondary N) is 1. The van der Waals surface area contributed by atoms with Crippen LogP contribution in [0.3, 0.4) is 0 Å². The van der Waals surface area contributed by atoms with E-state index >= 15 is 0 Å². The number of carboxylic acid groups (broad SMARTS) is 1. The predicted octanol–water partition coefficient (Wildman–Crippen LogP) is 2.30. The Balaban J connectivity index is 3.09. The third-order valence-corrected chi connectivity index (χ3v) is 2.07. The van der Waals surface area contributed by atoms with E-state index in [1.165, 1.54) is 6.07 Å². The van der Waals surface area contributed by atoms with Gasteiger partial charge in [-0.2, -0.15) is 0 Å². The molecule has 0 saturated heterocycles. The molecule has 0 atom stereocenters. The number of alkyl halides is 2. The predicted molar refractivity (Wildman–Crippen MR) is 57.3 cm³/mol. The summed E-state index contributed by atoms with van der Waals surface area (Å²) in [4.78, 5) is 10.8. The second-order valence-corrected chi connectivity index (χ2v) is 3.41. The van der Waals surface area contributed by atoms with Crippen molar-refractivity contribution in [1.29, 1.82) is 0 Å². The van der Waals surface area contributed by atoms with Crippen molar-refractivity contribution >= 4 is 28.9 Å². The molecule has 0 aliphatic rings. The average Bonchev–Trinajstić information content (AvgIpc) is 2.14. The molecule has 0 amide bonds. The van der Waals surface area contributed by atoms with E-state index in [-0.39, 0.29) is 22.0 Å². The van der Waals surface area contributed by atoms with Crippen LogP contribution in [-0.2, 0) is 0 Å². The molecular weight excluding hydrogens is 242 g/mol. The first-order valence-electron chi connectivity index (χ1n) is 4.26. The van der Waals surface area contributed by atoms with E-state index in [0.717, 1.165) is 6.07 Å². The topological polar surface area (TPSA) is 75.3 Å². The highest BCUT2D eigenvalue weighted by molar-refractivity contribution is 6.34. The first kappa shape index (κ1) is 12.5. The van der Waals surface area contributed by atoms with E-state index in [2.05, 4.69) is 5.32 Å². The molecule has 0 fully saturated rings. The molecule has 0 heterocycles. The minimum atomic E-state index is -2.60. The van der Waals surface area contributed by atoms with Gasteiger partial charge >= 0.3 is 5.97 Å². The lowest BCUT2D eigenvalue weighted by Gasteiger charge is -2.11. The van der Waals surface area contributed by atoms with E-state index in [9.17, 15) is 13.6 Å². The number of hydrogen-bond acceptors (Lipinski definition) is 3. The molecule has 0 bridgehead atoms. The summed E-state index contributed by atoms with van der Waals surface area (Å²) < 4.78 is 24.0. The van der Waals surface area contributed by atoms with Crippen LogP contribution in [-0.4, -0.2) is 24.0 Å². The van der Waals surface area contributed by atoms with Gasteiger partial charge in [0, 0.05) is 5.69 Å². The Morgan fingerprint density at radius 3 is 2.69 bits per heavy atom. The fraction of sp³-hybridized carbons (Fsp3) is 0.222. The maximum absolute atomic E-state index is 12.0. The van der Waals surface area contributed by atoms with E-state index in [1.54, 1.807) is 0 Å². The smallest absolute Gasteiger partial charge is 0.337 e. The van der Waals surface area contributed by atoms with E-state index in [4.69, 9.17) is 22.4 Å². The molecule has 1 aromatic rings. The van der Waals surface area contributed by atoms with Crippen LogP contribution in [0.2, 0.25) is 5.02 Å². The number of rotatable bonds is 4. The Morgan fingerprint density at radius 2 is 2.19 bits per heavy atom. The molecule has 0 saturated carbocycles. The molecule has 0 aliphatic heterocycles. The summed E-state index contributed by atoms with van der Waals surface area (Å²) in [6.45, 7) is -0.677. The van der Waals surface area contributed by atoms with Gasteiger partial charge in [0.15, 0.2) is 0 Å². The quantitative estimate of drug-likeness (QED) is 0.717. The maximum atomic E-state index is 12.0. The number of carbonyl (C=O) groups is 1. The van der Waals surface area contributed by atoms with Crippen LogP contribution >= 0.6 is 11.6 Å². The van der Waals surface area contributed by atoms with Gasteiger partial charge in [-0.05, 0) is 12.1 Å². The monoisotopic (exact) mass is 250 g/mol. The lowest BCUT2D eigenvalue weighted by Crippen LogP contribution is -2.14. The third-order valence-electron chi connectivity index (χ3n) is 1.78. The first-order valence-corrected chi connectivity index (χ1v) is 4.64. The zero-order chi connectivity index (χ0) is 12.3. The fourth-order valence-corrected chi connectivity index (χ4v) is 1.45. The SMILES string of the molecule is Nc1cc(Cl)c(NCC(F)F)c(C(=O)O)c1. The van der Waals surface area contributed by atoms with E-state index in [1.807, 2.05) is 0 Å². The summed E-state index contributed by atoms with van der Waals surface area (Å²) in [6.07, 6.45) is -2.60. The summed E-state index contributed by atoms with van der Waals surface area (Å²) >= 11 is 5.71. The normalized spacial score (nSPS) is 10.5. The lowest BCUT2D eigenvalue weighted by atomic mass is 10.1. The summed E-state index contributed by atoms with van der Waals surface area (Å²) in [5.41, 5.74) is 5.27. The van der Waals surface area contributed by atoms with E-state index in [0.29, 0.717) is 0 Å². The highest BCUT2D eigenvalue weighted by atomic mass is 35.5. The van der Waals surface area contributed by atoms with Crippen molar-refractivity contribution in [3.8, 4) is 0 Å². The molecule has 0 unspecified atom stereocenters. The second-order valence-electron chi connectivity index (χ2n) is 3.00. The summed E-state index contributed by atoms with van der Waals surface area (Å²) in [7, 11) is 0. The number of anilines is 2. The first-order chi connectivity index (χ1) is 7.41. The van der Waals surface area contributed by atoms with Crippen molar-refractivity contribution in [2.75, 3.05) is 17.6 Å². The van der Waals surface area contributed by atoms with Crippen molar-refractivity contribution < 1.29 is 18.7 Å². The van der Waals surface area contributed by atoms with Crippen LogP contribution < -0.4 is 11.1 Å². The summed E-state index contributed by atoms with van der Waals surface area (Å²) in [5, 5.41) is 11.1. The molecule has 1 aromatic carbocycles. The molecule has 4 nitrogen and oxygen atoms in total. The second kappa shape index (κ2) is 4.98. The van der Waals surface area contributed by atoms with Crippen LogP contribution in [0.4, 0.5) is 20.2 Å². The molecule has 4 N–H and O–H groups in total. The fourth-order valence-electron chi connectivity index (χ4n) is 1.16. The van der Waals surface area contributed by atoms with Crippen molar-refractivity contribution in [3.05, 3.63) is 22.7 Å². The van der Waals surface area contributed by atoms with Crippen molar-refractivity contribution in [3.63, 3.8) is 0 Å². The van der Waals surface area contributed by atoms with E-state index < -0.39 is 18.9 Å². The molecule has 0 spiro atoms. The molecule has 7 heteroatoms. The number of halogens is 3. The molecule has 16 heavy (non-hydrogen) atoms. The van der Waals surface area contributed by atoms with Crippen LogP contribution in [0.25, 0.3) is 0 Å². The number of benzene rings is 1. The number of aromatic carboxylic acids is 1. The Kier molecular flexibility index (Phi) is 3.89. The van der Waals surface area contributed by atoms with Gasteiger partial charge in [-0.3, -0.25) is 0 Å². The van der Waals surface area contributed by atoms with Gasteiger partial charge in [-0.1, -0.05) is 11.6 Å². The Labute approximate surface area is 95.0 Å². The highest BCUT2D eigenvalue weighted by Crippen LogP contribution is 2.29. The molecule has 1 rings (SSSR count). The molecule has 0 radical (unpaired) electrons. The largest absolute Gasteiger partial charge is 0.478 e. The lowest BCUT2D eigenvalue weighted by molar-refractivity contribution is 0.0697. The summed E-state index contributed by atoms with van der Waals surface area (Å²) in [5.74, 6) is -1.29. The number of nitrogens with two attached hydrogens (primary N) is 1. The van der Waals surface area contributed by atoms with Gasteiger partial charge in [0.05, 0.1) is 22.8 Å². The van der Waals surface area contributed by atoms with Gasteiger partial charge < -0.3 is 16.2 Å². The number of nitrogen functional groups attached to an aromatic ring is 1. The van der Waals surface area contributed by atoms with Crippen LogP contribution in [0.15, 0.2) is 12.1 Å². The van der Waals surface area contributed by atoms with Crippen LogP contribution in [0.1, 0.15) is 10.4 Å². The Morgan fingerprint density at radius 1 is 1.56 bits per heavy atom. The molecular formula is C9H9ClF2N2O2. The average molecular weight is 251 g/mol. The highest BCUT2D eigenvalue weighted by Gasteiger charge is 2.15. The van der Waals surface area contributed by atoms with Gasteiger partial charge in [-0.15, -0.1) is 0 Å². The van der Waals surface area contributed by atoms with Crippen molar-refractivity contribution in [2.45, 2.75) is 6.43 Å². The number of carboxylic acids is 1. The summed E-state index contributed by atoms with van der Waals surface area (Å²) in [6, 6.07) is 2.45. The Bertz CT molecular complexity index is 413. The standard InChI is InChI=1S/C9H9ClF2N2O2/c10-6-2-4(13)1-5(9(15)16)8(6)14-3-7(11)12/h1-2,7,14H,3,13H2,(H,15,16). The van der Waals surface area contributed by atoms with Gasteiger partial charge in [0.2, 0.25) is 0 Å².